The number of esters is 1. The van der Waals surface area contributed by atoms with E-state index in [-0.39, 0.29) is 0 Å². The molecular formula is C5H4F5O5S-. The van der Waals surface area contributed by atoms with Gasteiger partial charge in [0.15, 0.2) is 0 Å². The Balaban J connectivity index is 4.79. The molecule has 0 bridgehead atoms. The number of hydrogen-bond acceptors (Lipinski definition) is 6. The van der Waals surface area contributed by atoms with Crippen molar-refractivity contribution in [1.82, 2.24) is 0 Å². The first-order valence-electron chi connectivity index (χ1n) is 3.37. The first-order valence-corrected chi connectivity index (χ1v) is 4.11. The number of ether oxygens (including phenoxy) is 1. The fraction of sp³-hybridized carbons (Fsp3) is 0.800. The molecule has 16 heavy (non-hydrogen) atoms. The molecule has 0 fully saturated rings. The van der Waals surface area contributed by atoms with Gasteiger partial charge in [-0.1, -0.05) is 0 Å². The van der Waals surface area contributed by atoms with Crippen LogP contribution in [0.2, 0.25) is 0 Å². The van der Waals surface area contributed by atoms with Crippen LogP contribution in [0.1, 0.15) is 6.92 Å². The second kappa shape index (κ2) is 5.61. The summed E-state index contributed by atoms with van der Waals surface area (Å²) in [4.78, 5) is 10.2. The van der Waals surface area contributed by atoms with Gasteiger partial charge in [0.05, 0.1) is 0 Å². The van der Waals surface area contributed by atoms with Crippen LogP contribution >= 0.6 is 12.0 Å². The molecular weight excluding hydrogens is 267 g/mol. The molecule has 0 spiro atoms. The molecule has 0 aromatic heterocycles. The third-order valence-corrected chi connectivity index (χ3v) is 1.62. The normalized spacial score (nSPS) is 14.7. The smallest absolute Gasteiger partial charge is 0.432 e. The van der Waals surface area contributed by atoms with E-state index in [2.05, 4.69) is 14.1 Å². The average molecular weight is 271 g/mol. The maximum atomic E-state index is 12.8. The van der Waals surface area contributed by atoms with Crippen LogP contribution in [0.25, 0.3) is 0 Å². The number of rotatable bonds is 5. The largest absolute Gasteiger partial charge is 0.691 e. The highest BCUT2D eigenvalue weighted by atomic mass is 32.2. The van der Waals surface area contributed by atoms with Gasteiger partial charge in [0.2, 0.25) is 0 Å². The highest BCUT2D eigenvalue weighted by Gasteiger charge is 2.60. The Morgan fingerprint density at radius 2 is 1.81 bits per heavy atom. The minimum Gasteiger partial charge on any atom is -0.691 e. The molecule has 0 rings (SSSR count). The molecule has 0 aliphatic rings. The highest BCUT2D eigenvalue weighted by Crippen LogP contribution is 2.42. The van der Waals surface area contributed by atoms with Crippen molar-refractivity contribution in [2.75, 3.05) is 0 Å². The lowest BCUT2D eigenvalue weighted by atomic mass is 10.3. The van der Waals surface area contributed by atoms with Crippen LogP contribution in [-0.4, -0.2) is 23.5 Å². The Morgan fingerprint density at radius 3 is 2.12 bits per heavy atom. The lowest BCUT2D eigenvalue weighted by Gasteiger charge is -2.26. The van der Waals surface area contributed by atoms with Gasteiger partial charge in [-0.15, -0.1) is 0 Å². The summed E-state index contributed by atoms with van der Waals surface area (Å²) < 4.78 is 68.2. The summed E-state index contributed by atoms with van der Waals surface area (Å²) in [5.41, 5.74) is 0. The minimum atomic E-state index is -5.52. The van der Waals surface area contributed by atoms with Crippen molar-refractivity contribution in [1.29, 1.82) is 0 Å². The van der Waals surface area contributed by atoms with E-state index in [4.69, 9.17) is 0 Å². The minimum absolute atomic E-state index is 0.518. The molecule has 0 aliphatic carbocycles. The van der Waals surface area contributed by atoms with Crippen LogP contribution in [-0.2, 0) is 18.9 Å². The van der Waals surface area contributed by atoms with Gasteiger partial charge in [-0.05, 0) is 0 Å². The SMILES string of the molecule is CC(=O)OC(C(F)(F)F)C(F)(F)SOO[O-]. The summed E-state index contributed by atoms with van der Waals surface area (Å²) in [7, 11) is 0. The molecule has 0 saturated heterocycles. The molecule has 11 heteroatoms. The van der Waals surface area contributed by atoms with Crippen LogP contribution in [0.5, 0.6) is 0 Å². The molecule has 0 aromatic rings. The molecule has 0 aromatic carbocycles. The monoisotopic (exact) mass is 271 g/mol. The highest BCUT2D eigenvalue weighted by molar-refractivity contribution is 7.95. The van der Waals surface area contributed by atoms with Crippen molar-refractivity contribution in [2.24, 2.45) is 0 Å². The number of hydrogen-bond donors (Lipinski definition) is 0. The van der Waals surface area contributed by atoms with Gasteiger partial charge in [0.1, 0.15) is 12.0 Å². The summed E-state index contributed by atoms with van der Waals surface area (Å²) >= 11 is -1.21. The third kappa shape index (κ3) is 4.92. The topological polar surface area (TPSA) is 67.8 Å². The average Bonchev–Trinajstić information content (AvgIpc) is 2.09. The van der Waals surface area contributed by atoms with E-state index in [0.717, 1.165) is 0 Å². The molecule has 0 saturated carbocycles. The van der Waals surface area contributed by atoms with Crippen molar-refractivity contribution >= 4 is 18.0 Å². The molecule has 0 N–H and O–H groups in total. The molecule has 0 aliphatic heterocycles. The van der Waals surface area contributed by atoms with Gasteiger partial charge < -0.3 is 9.99 Å². The third-order valence-electron chi connectivity index (χ3n) is 1.06. The summed E-state index contributed by atoms with van der Waals surface area (Å²) in [5.74, 6) is -1.56. The quantitative estimate of drug-likeness (QED) is 0.244. The molecule has 0 radical (unpaired) electrons. The van der Waals surface area contributed by atoms with Crippen LogP contribution in [0.15, 0.2) is 0 Å². The van der Waals surface area contributed by atoms with Crippen LogP contribution in [0.4, 0.5) is 22.0 Å². The molecule has 1 unspecified atom stereocenters. The van der Waals surface area contributed by atoms with Gasteiger partial charge in [-0.25, -0.2) is 0 Å². The second-order valence-corrected chi connectivity index (χ2v) is 3.16. The Bertz CT molecular complexity index is 244. The van der Waals surface area contributed by atoms with E-state index < -0.39 is 35.5 Å². The summed E-state index contributed by atoms with van der Waals surface area (Å²) in [6.07, 6.45) is -9.26. The van der Waals surface area contributed by atoms with Crippen molar-refractivity contribution < 1.29 is 46.1 Å². The zero-order valence-corrected chi connectivity index (χ0v) is 8.23. The van der Waals surface area contributed by atoms with Crippen molar-refractivity contribution in [2.45, 2.75) is 24.5 Å². The fourth-order valence-corrected chi connectivity index (χ4v) is 0.982. The van der Waals surface area contributed by atoms with Crippen LogP contribution in [0, 0.1) is 0 Å². The van der Waals surface area contributed by atoms with Gasteiger partial charge in [-0.2, -0.15) is 26.3 Å². The first-order chi connectivity index (χ1) is 7.11. The summed E-state index contributed by atoms with van der Waals surface area (Å²) in [6.45, 7) is 0.518. The Labute approximate surface area is 89.5 Å². The Morgan fingerprint density at radius 1 is 1.31 bits per heavy atom. The lowest BCUT2D eigenvalue weighted by molar-refractivity contribution is -0.777. The Kier molecular flexibility index (Phi) is 5.38. The second-order valence-electron chi connectivity index (χ2n) is 2.31. The number of carbonyl (C=O) groups is 1. The molecule has 0 amide bonds. The van der Waals surface area contributed by atoms with Crippen molar-refractivity contribution in [3.05, 3.63) is 0 Å². The zero-order valence-electron chi connectivity index (χ0n) is 7.42. The van der Waals surface area contributed by atoms with E-state index in [1.807, 2.05) is 0 Å². The summed E-state index contributed by atoms with van der Waals surface area (Å²) in [6, 6.07) is 0. The maximum Gasteiger partial charge on any atom is 0.432 e. The zero-order chi connectivity index (χ0) is 13.0. The molecule has 1 atom stereocenters. The van der Waals surface area contributed by atoms with E-state index in [0.29, 0.717) is 6.92 Å². The molecule has 0 heterocycles. The van der Waals surface area contributed by atoms with Gasteiger partial charge in [-0.3, -0.25) is 9.83 Å². The number of halogens is 5. The molecule has 96 valence electrons. The van der Waals surface area contributed by atoms with Crippen molar-refractivity contribution in [3.63, 3.8) is 0 Å². The number of carbonyl (C=O) groups excluding carboxylic acids is 1. The first kappa shape index (κ1) is 15.3. The van der Waals surface area contributed by atoms with Crippen LogP contribution in [0.3, 0.4) is 0 Å². The van der Waals surface area contributed by atoms with E-state index in [1.165, 1.54) is 0 Å². The van der Waals surface area contributed by atoms with Crippen LogP contribution < -0.4 is 5.26 Å². The predicted octanol–water partition coefficient (Wildman–Crippen LogP) is 0.945. The van der Waals surface area contributed by atoms with Gasteiger partial charge >= 0.3 is 17.4 Å². The van der Waals surface area contributed by atoms with Gasteiger partial charge in [0, 0.05) is 6.92 Å². The standard InChI is InChI=1S/C5H5F5O5S/c1-2(11)13-3(4(6,7)8)5(9,10)16-15-14-12/h3,12H,1H3/p-1. The Hall–Kier alpha value is -0.650. The van der Waals surface area contributed by atoms with E-state index in [1.54, 1.807) is 0 Å². The number of alkyl halides is 5. The predicted molar refractivity (Wildman–Crippen MR) is 36.3 cm³/mol. The van der Waals surface area contributed by atoms with E-state index >= 15 is 0 Å². The fourth-order valence-electron chi connectivity index (χ4n) is 0.595. The van der Waals surface area contributed by atoms with Gasteiger partial charge in [0.25, 0.3) is 6.10 Å². The van der Waals surface area contributed by atoms with E-state index in [9.17, 15) is 32.0 Å². The summed E-state index contributed by atoms with van der Waals surface area (Å²) in [5, 5.41) is 6.96. The lowest BCUT2D eigenvalue weighted by Crippen LogP contribution is -2.46. The van der Waals surface area contributed by atoms with Crippen molar-refractivity contribution in [3.8, 4) is 0 Å². The maximum absolute atomic E-state index is 12.8. The molecule has 5 nitrogen and oxygen atoms in total.